The van der Waals surface area contributed by atoms with E-state index in [-0.39, 0.29) is 22.9 Å². The van der Waals surface area contributed by atoms with Crippen LogP contribution in [0.25, 0.3) is 0 Å². The molecule has 2 aliphatic rings. The number of Topliss-reactive ketones (excluding diaryl/α,β-unsaturated/α-hetero) is 2. The lowest BCUT2D eigenvalue weighted by Gasteiger charge is -2.45. The van der Waals surface area contributed by atoms with E-state index in [4.69, 9.17) is 4.74 Å². The van der Waals surface area contributed by atoms with Gasteiger partial charge in [0.25, 0.3) is 5.91 Å². The number of ether oxygens (including phenoxy) is 1. The number of hydrogen-bond acceptors (Lipinski definition) is 4. The summed E-state index contributed by atoms with van der Waals surface area (Å²) in [4.78, 5) is 40.6. The molecule has 0 N–H and O–H groups in total. The molecule has 3 rings (SSSR count). The fraction of sp³-hybridized carbons (Fsp3) is 0.560. The highest BCUT2D eigenvalue weighted by molar-refractivity contribution is 6.10. The van der Waals surface area contributed by atoms with Crippen LogP contribution in [0.3, 0.4) is 0 Å². The molecule has 1 aromatic carbocycles. The molecule has 2 fully saturated rings. The predicted octanol–water partition coefficient (Wildman–Crippen LogP) is 3.33. The fourth-order valence-electron chi connectivity index (χ4n) is 5.07. The van der Waals surface area contributed by atoms with Crippen molar-refractivity contribution in [2.45, 2.75) is 65.4 Å². The maximum Gasteiger partial charge on any atom is 0.251 e. The Bertz CT molecular complexity index is 885. The van der Waals surface area contributed by atoms with Crippen molar-refractivity contribution in [1.29, 1.82) is 0 Å². The monoisotopic (exact) mass is 409 g/mol. The average molecular weight is 410 g/mol. The third kappa shape index (κ3) is 4.20. The molecule has 0 unspecified atom stereocenters. The summed E-state index contributed by atoms with van der Waals surface area (Å²) in [5.41, 5.74) is 3.34. The number of aryl methyl sites for hydroxylation is 2. The SMILES string of the molecule is CC#Cc1cc(C)c(C2C(=O)CC3(CCN(C(=O)[C@H](C)OC)CC3)CC2=O)c(C)c1. The number of rotatable bonds is 3. The first kappa shape index (κ1) is 22.2. The van der Waals surface area contributed by atoms with E-state index in [9.17, 15) is 14.4 Å². The first-order valence-electron chi connectivity index (χ1n) is 10.6. The molecule has 1 spiro atoms. The number of ketones is 2. The van der Waals surface area contributed by atoms with E-state index in [1.54, 1.807) is 18.7 Å². The Morgan fingerprint density at radius 3 is 2.13 bits per heavy atom. The summed E-state index contributed by atoms with van der Waals surface area (Å²) < 4.78 is 5.14. The van der Waals surface area contributed by atoms with Crippen LogP contribution in [0.2, 0.25) is 0 Å². The zero-order valence-corrected chi connectivity index (χ0v) is 18.6. The van der Waals surface area contributed by atoms with Gasteiger partial charge in [-0.1, -0.05) is 5.92 Å². The van der Waals surface area contributed by atoms with E-state index in [1.807, 2.05) is 26.0 Å². The highest BCUT2D eigenvalue weighted by Gasteiger charge is 2.48. The van der Waals surface area contributed by atoms with Gasteiger partial charge < -0.3 is 9.64 Å². The van der Waals surface area contributed by atoms with E-state index < -0.39 is 12.0 Å². The van der Waals surface area contributed by atoms with Crippen LogP contribution < -0.4 is 0 Å². The van der Waals surface area contributed by atoms with Gasteiger partial charge >= 0.3 is 0 Å². The highest BCUT2D eigenvalue weighted by atomic mass is 16.5. The maximum absolute atomic E-state index is 13.2. The van der Waals surface area contributed by atoms with Crippen LogP contribution in [0.1, 0.15) is 67.7 Å². The van der Waals surface area contributed by atoms with Crippen molar-refractivity contribution < 1.29 is 19.1 Å². The number of benzene rings is 1. The van der Waals surface area contributed by atoms with Crippen LogP contribution in [-0.4, -0.2) is 48.7 Å². The number of carbonyl (C=O) groups excluding carboxylic acids is 3. The van der Waals surface area contributed by atoms with Gasteiger partial charge in [0.15, 0.2) is 0 Å². The van der Waals surface area contributed by atoms with E-state index in [1.165, 1.54) is 7.11 Å². The molecule has 1 aliphatic heterocycles. The summed E-state index contributed by atoms with van der Waals surface area (Å²) in [7, 11) is 1.53. The molecule has 1 amide bonds. The van der Waals surface area contributed by atoms with Crippen LogP contribution in [0.4, 0.5) is 0 Å². The van der Waals surface area contributed by atoms with Crippen LogP contribution in [-0.2, 0) is 19.1 Å². The highest BCUT2D eigenvalue weighted by Crippen LogP contribution is 2.46. The molecule has 1 heterocycles. The molecular formula is C25H31NO4. The summed E-state index contributed by atoms with van der Waals surface area (Å²) in [5.74, 6) is 5.27. The van der Waals surface area contributed by atoms with Gasteiger partial charge in [0.2, 0.25) is 0 Å². The Kier molecular flexibility index (Phi) is 6.47. The van der Waals surface area contributed by atoms with E-state index in [0.29, 0.717) is 38.8 Å². The van der Waals surface area contributed by atoms with Crippen LogP contribution >= 0.6 is 0 Å². The van der Waals surface area contributed by atoms with Gasteiger partial charge in [0.1, 0.15) is 23.6 Å². The summed E-state index contributed by atoms with van der Waals surface area (Å²) in [6, 6.07) is 3.93. The van der Waals surface area contributed by atoms with Crippen molar-refractivity contribution >= 4 is 17.5 Å². The van der Waals surface area contributed by atoms with E-state index in [0.717, 1.165) is 22.3 Å². The lowest BCUT2D eigenvalue weighted by Crippen LogP contribution is -2.50. The van der Waals surface area contributed by atoms with Crippen LogP contribution in [0.5, 0.6) is 0 Å². The lowest BCUT2D eigenvalue weighted by molar-refractivity contribution is -0.145. The zero-order chi connectivity index (χ0) is 22.1. The van der Waals surface area contributed by atoms with Gasteiger partial charge in [0, 0.05) is 38.6 Å². The Labute approximate surface area is 179 Å². The minimum Gasteiger partial charge on any atom is -0.372 e. The quantitative estimate of drug-likeness (QED) is 0.567. The fourth-order valence-corrected chi connectivity index (χ4v) is 5.07. The molecule has 160 valence electrons. The second kappa shape index (κ2) is 8.73. The number of carbonyl (C=O) groups is 3. The number of methoxy groups -OCH3 is 1. The second-order valence-corrected chi connectivity index (χ2v) is 8.82. The van der Waals surface area contributed by atoms with E-state index >= 15 is 0 Å². The molecular weight excluding hydrogens is 378 g/mol. The molecule has 1 atom stereocenters. The standard InChI is InChI=1S/C25H31NO4/c1-6-7-19-12-16(2)22(17(3)13-19)23-20(27)14-25(15-21(23)28)8-10-26(11-9-25)24(29)18(4)30-5/h12-13,18,23H,8-11,14-15H2,1-5H3/t18-/m0/s1. The molecule has 0 aromatic heterocycles. The molecule has 1 aliphatic carbocycles. The average Bonchev–Trinajstić information content (AvgIpc) is 2.69. The Morgan fingerprint density at radius 2 is 1.67 bits per heavy atom. The summed E-state index contributed by atoms with van der Waals surface area (Å²) >= 11 is 0. The minimum atomic E-state index is -0.674. The molecule has 5 nitrogen and oxygen atoms in total. The first-order chi connectivity index (χ1) is 14.2. The van der Waals surface area contributed by atoms with Gasteiger partial charge in [-0.05, 0) is 74.8 Å². The summed E-state index contributed by atoms with van der Waals surface area (Å²) in [5, 5.41) is 0. The van der Waals surface area contributed by atoms with Gasteiger partial charge in [-0.15, -0.1) is 5.92 Å². The predicted molar refractivity (Wildman–Crippen MR) is 115 cm³/mol. The van der Waals surface area contributed by atoms with Crippen molar-refractivity contribution in [2.24, 2.45) is 5.41 Å². The third-order valence-electron chi connectivity index (χ3n) is 6.73. The Morgan fingerprint density at radius 1 is 1.13 bits per heavy atom. The number of nitrogens with zero attached hydrogens (tertiary/aromatic N) is 1. The Hall–Kier alpha value is -2.45. The number of amides is 1. The van der Waals surface area contributed by atoms with Crippen molar-refractivity contribution in [3.63, 3.8) is 0 Å². The molecule has 30 heavy (non-hydrogen) atoms. The molecule has 1 saturated carbocycles. The molecule has 1 aromatic rings. The van der Waals surface area contributed by atoms with Crippen molar-refractivity contribution in [2.75, 3.05) is 20.2 Å². The largest absolute Gasteiger partial charge is 0.372 e. The Balaban J connectivity index is 1.77. The lowest BCUT2D eigenvalue weighted by atomic mass is 9.62. The zero-order valence-electron chi connectivity index (χ0n) is 18.6. The normalized spacial score (nSPS) is 20.1. The number of likely N-dealkylation sites (tertiary alicyclic amines) is 1. The first-order valence-corrected chi connectivity index (χ1v) is 10.6. The topological polar surface area (TPSA) is 63.7 Å². The van der Waals surface area contributed by atoms with E-state index in [2.05, 4.69) is 11.8 Å². The van der Waals surface area contributed by atoms with Crippen LogP contribution in [0, 0.1) is 31.1 Å². The summed E-state index contributed by atoms with van der Waals surface area (Å²) in [6.07, 6.45) is 1.70. The molecule has 0 radical (unpaired) electrons. The molecule has 0 bridgehead atoms. The van der Waals surface area contributed by atoms with Gasteiger partial charge in [-0.2, -0.15) is 0 Å². The number of hydrogen-bond donors (Lipinski definition) is 0. The summed E-state index contributed by atoms with van der Waals surface area (Å²) in [6.45, 7) is 8.58. The molecule has 5 heteroatoms. The van der Waals surface area contributed by atoms with Gasteiger partial charge in [-0.25, -0.2) is 0 Å². The van der Waals surface area contributed by atoms with Crippen molar-refractivity contribution in [3.8, 4) is 11.8 Å². The molecule has 1 saturated heterocycles. The third-order valence-corrected chi connectivity index (χ3v) is 6.73. The van der Waals surface area contributed by atoms with Gasteiger partial charge in [0.05, 0.1) is 0 Å². The smallest absolute Gasteiger partial charge is 0.251 e. The van der Waals surface area contributed by atoms with Crippen molar-refractivity contribution in [1.82, 2.24) is 4.90 Å². The van der Waals surface area contributed by atoms with Crippen LogP contribution in [0.15, 0.2) is 12.1 Å². The number of piperidine rings is 1. The second-order valence-electron chi connectivity index (χ2n) is 8.82. The maximum atomic E-state index is 13.2. The minimum absolute atomic E-state index is 0.0109. The van der Waals surface area contributed by atoms with Crippen molar-refractivity contribution in [3.05, 3.63) is 34.4 Å². The van der Waals surface area contributed by atoms with Gasteiger partial charge in [-0.3, -0.25) is 14.4 Å².